The summed E-state index contributed by atoms with van der Waals surface area (Å²) < 4.78 is 38.0. The molecule has 8 heteroatoms. The minimum atomic E-state index is -0.648. The Bertz CT molecular complexity index is 963. The largest absolute Gasteiger partial charge is 0.466 e. The Morgan fingerprint density at radius 3 is 1.43 bits per heavy atom. The van der Waals surface area contributed by atoms with Gasteiger partial charge in [0, 0.05) is 24.2 Å². The molecule has 0 amide bonds. The van der Waals surface area contributed by atoms with Crippen LogP contribution in [0.4, 0.5) is 20.2 Å². The van der Waals surface area contributed by atoms with Crippen LogP contribution in [0.2, 0.25) is 0 Å². The van der Waals surface area contributed by atoms with Crippen LogP contribution in [0.15, 0.2) is 71.1 Å². The van der Waals surface area contributed by atoms with Crippen molar-refractivity contribution in [1.29, 1.82) is 0 Å². The van der Waals surface area contributed by atoms with Crippen LogP contribution in [0.5, 0.6) is 0 Å². The van der Waals surface area contributed by atoms with Crippen molar-refractivity contribution in [3.8, 4) is 0 Å². The fourth-order valence-corrected chi connectivity index (χ4v) is 3.11. The van der Waals surface area contributed by atoms with Gasteiger partial charge < -0.3 is 20.1 Å². The number of methoxy groups -OCH3 is 2. The highest BCUT2D eigenvalue weighted by atomic mass is 19.1. The van der Waals surface area contributed by atoms with Gasteiger partial charge in [-0.05, 0) is 24.3 Å². The number of carbonyl (C=O) groups is 2. The average Bonchev–Trinajstić information content (AvgIpc) is 2.76. The number of anilines is 2. The summed E-state index contributed by atoms with van der Waals surface area (Å²) in [4.78, 5) is 24.8. The van der Waals surface area contributed by atoms with E-state index in [9.17, 15) is 18.4 Å². The Kier molecular flexibility index (Phi) is 6.46. The van der Waals surface area contributed by atoms with Crippen molar-refractivity contribution in [2.75, 3.05) is 24.9 Å². The van der Waals surface area contributed by atoms with Gasteiger partial charge >= 0.3 is 11.9 Å². The Labute approximate surface area is 172 Å². The molecule has 0 bridgehead atoms. The molecule has 2 aromatic carbocycles. The molecule has 0 heterocycles. The molecule has 0 unspecified atom stereocenters. The van der Waals surface area contributed by atoms with Crippen molar-refractivity contribution in [3.05, 3.63) is 82.7 Å². The second-order valence-electron chi connectivity index (χ2n) is 6.46. The minimum absolute atomic E-state index is 0.0672. The highest BCUT2D eigenvalue weighted by Crippen LogP contribution is 2.34. The second kappa shape index (κ2) is 9.21. The van der Waals surface area contributed by atoms with Crippen LogP contribution in [0, 0.1) is 11.6 Å². The molecule has 0 radical (unpaired) electrons. The lowest BCUT2D eigenvalue weighted by molar-refractivity contribution is -0.137. The van der Waals surface area contributed by atoms with Crippen molar-refractivity contribution < 1.29 is 27.8 Å². The minimum Gasteiger partial charge on any atom is -0.466 e. The van der Waals surface area contributed by atoms with Gasteiger partial charge in [-0.3, -0.25) is 0 Å². The van der Waals surface area contributed by atoms with E-state index in [-0.39, 0.29) is 35.4 Å². The van der Waals surface area contributed by atoms with Crippen molar-refractivity contribution in [1.82, 2.24) is 0 Å². The third-order valence-electron chi connectivity index (χ3n) is 4.62. The first kappa shape index (κ1) is 21.0. The number of hydrogen-bond acceptors (Lipinski definition) is 6. The van der Waals surface area contributed by atoms with Gasteiger partial charge in [0.25, 0.3) is 0 Å². The molecule has 156 valence electrons. The number of benzene rings is 2. The number of carbonyl (C=O) groups excluding carboxylic acids is 2. The molecule has 6 nitrogen and oxygen atoms in total. The van der Waals surface area contributed by atoms with Crippen LogP contribution in [0.3, 0.4) is 0 Å². The third kappa shape index (κ3) is 4.48. The number of para-hydroxylation sites is 2. The van der Waals surface area contributed by atoms with E-state index in [1.165, 1.54) is 50.6 Å². The Balaban J connectivity index is 2.02. The lowest BCUT2D eigenvalue weighted by atomic mass is 9.92. The number of rotatable bonds is 6. The maximum absolute atomic E-state index is 14.1. The summed E-state index contributed by atoms with van der Waals surface area (Å²) in [6.07, 6.45) is -0.134. The number of ether oxygens (including phenoxy) is 2. The molecule has 0 spiro atoms. The zero-order valence-corrected chi connectivity index (χ0v) is 16.4. The molecule has 0 saturated heterocycles. The molecule has 0 aromatic heterocycles. The van der Waals surface area contributed by atoms with Crippen LogP contribution in [0.25, 0.3) is 0 Å². The number of hydrogen-bond donors (Lipinski definition) is 2. The lowest BCUT2D eigenvalue weighted by Crippen LogP contribution is -2.24. The molecule has 0 aliphatic heterocycles. The number of esters is 2. The highest BCUT2D eigenvalue weighted by Gasteiger charge is 2.30. The van der Waals surface area contributed by atoms with Gasteiger partial charge in [0.2, 0.25) is 0 Å². The first-order valence-electron chi connectivity index (χ1n) is 9.08. The van der Waals surface area contributed by atoms with E-state index < -0.39 is 23.6 Å². The fraction of sp³-hybridized carbons (Fsp3) is 0.182. The van der Waals surface area contributed by atoms with Crippen molar-refractivity contribution in [2.45, 2.75) is 12.8 Å². The van der Waals surface area contributed by atoms with Crippen LogP contribution in [-0.4, -0.2) is 26.2 Å². The quantitative estimate of drug-likeness (QED) is 0.692. The molecule has 3 rings (SSSR count). The van der Waals surface area contributed by atoms with Crippen LogP contribution >= 0.6 is 0 Å². The van der Waals surface area contributed by atoms with Crippen LogP contribution in [-0.2, 0) is 19.1 Å². The van der Waals surface area contributed by atoms with E-state index in [2.05, 4.69) is 10.6 Å². The van der Waals surface area contributed by atoms with E-state index in [0.29, 0.717) is 11.4 Å². The normalized spacial score (nSPS) is 13.7. The average molecular weight is 414 g/mol. The van der Waals surface area contributed by atoms with Crippen molar-refractivity contribution in [3.63, 3.8) is 0 Å². The predicted octanol–water partition coefficient (Wildman–Crippen LogP) is 4.14. The summed E-state index contributed by atoms with van der Waals surface area (Å²) in [5.41, 5.74) is 1.25. The third-order valence-corrected chi connectivity index (χ3v) is 4.62. The summed E-state index contributed by atoms with van der Waals surface area (Å²) in [6, 6.07) is 11.9. The maximum atomic E-state index is 14.1. The summed E-state index contributed by atoms with van der Waals surface area (Å²) >= 11 is 0. The molecule has 1 aliphatic rings. The van der Waals surface area contributed by atoms with Gasteiger partial charge in [0.1, 0.15) is 11.6 Å². The summed E-state index contributed by atoms with van der Waals surface area (Å²) in [5.74, 6) is -2.34. The fourth-order valence-electron chi connectivity index (χ4n) is 3.11. The standard InChI is InChI=1S/C22H20F2N2O4/c1-29-21(27)13-11-20(26-18-10-6-4-8-16(18)24)14(22(28)30-2)12-19(13)25-17-9-5-3-7-15(17)23/h3-10,25-26H,11-12H2,1-2H3. The monoisotopic (exact) mass is 414 g/mol. The predicted molar refractivity (Wildman–Crippen MR) is 107 cm³/mol. The first-order chi connectivity index (χ1) is 14.4. The van der Waals surface area contributed by atoms with Gasteiger partial charge in [0.15, 0.2) is 0 Å². The SMILES string of the molecule is COC(=O)C1=C(Nc2ccccc2F)CC(C(=O)OC)=C(Nc2ccccc2F)C1. The number of halogens is 2. The molecule has 2 N–H and O–H groups in total. The van der Waals surface area contributed by atoms with Crippen LogP contribution < -0.4 is 10.6 Å². The Hall–Kier alpha value is -3.68. The summed E-state index contributed by atoms with van der Waals surface area (Å²) in [6.45, 7) is 0. The van der Waals surface area contributed by atoms with Crippen LogP contribution in [0.1, 0.15) is 12.8 Å². The number of allylic oxidation sites excluding steroid dienone is 2. The molecule has 0 atom stereocenters. The summed E-state index contributed by atoms with van der Waals surface area (Å²) in [5, 5.41) is 5.76. The smallest absolute Gasteiger partial charge is 0.335 e. The van der Waals surface area contributed by atoms with Gasteiger partial charge in [0.05, 0.1) is 36.7 Å². The van der Waals surface area contributed by atoms with Gasteiger partial charge in [-0.2, -0.15) is 0 Å². The Morgan fingerprint density at radius 2 is 1.10 bits per heavy atom. The summed E-state index contributed by atoms with van der Waals surface area (Å²) in [7, 11) is 2.44. The molecule has 0 fully saturated rings. The molecule has 1 aliphatic carbocycles. The molecule has 30 heavy (non-hydrogen) atoms. The van der Waals surface area contributed by atoms with Gasteiger partial charge in [-0.1, -0.05) is 24.3 Å². The van der Waals surface area contributed by atoms with Gasteiger partial charge in [-0.25, -0.2) is 18.4 Å². The van der Waals surface area contributed by atoms with Gasteiger partial charge in [-0.15, -0.1) is 0 Å². The molecular formula is C22H20F2N2O4. The van der Waals surface area contributed by atoms with E-state index in [0.717, 1.165) is 0 Å². The molecule has 0 saturated carbocycles. The van der Waals surface area contributed by atoms with Crippen molar-refractivity contribution in [2.24, 2.45) is 0 Å². The zero-order chi connectivity index (χ0) is 21.7. The van der Waals surface area contributed by atoms with E-state index in [4.69, 9.17) is 9.47 Å². The van der Waals surface area contributed by atoms with E-state index in [1.807, 2.05) is 0 Å². The lowest BCUT2D eigenvalue weighted by Gasteiger charge is -2.26. The molecule has 2 aromatic rings. The molecular weight excluding hydrogens is 394 g/mol. The zero-order valence-electron chi connectivity index (χ0n) is 16.4. The maximum Gasteiger partial charge on any atom is 0.335 e. The van der Waals surface area contributed by atoms with E-state index >= 15 is 0 Å². The highest BCUT2D eigenvalue weighted by molar-refractivity contribution is 5.96. The Morgan fingerprint density at radius 1 is 0.733 bits per heavy atom. The second-order valence-corrected chi connectivity index (χ2v) is 6.46. The number of nitrogens with one attached hydrogen (secondary N) is 2. The first-order valence-corrected chi connectivity index (χ1v) is 9.08. The topological polar surface area (TPSA) is 76.7 Å². The van der Waals surface area contributed by atoms with Crippen molar-refractivity contribution >= 4 is 23.3 Å². The van der Waals surface area contributed by atoms with E-state index in [1.54, 1.807) is 12.1 Å².